The molecule has 0 bridgehead atoms. The van der Waals surface area contributed by atoms with Crippen LogP contribution in [-0.4, -0.2) is 40.6 Å². The molecule has 8 nitrogen and oxygen atoms in total. The maximum Gasteiger partial charge on any atom is 0.265 e. The van der Waals surface area contributed by atoms with Crippen LogP contribution >= 0.6 is 0 Å². The summed E-state index contributed by atoms with van der Waals surface area (Å²) in [6.45, 7) is 3.34. The summed E-state index contributed by atoms with van der Waals surface area (Å²) >= 11 is 0. The number of benzene rings is 2. The highest BCUT2D eigenvalue weighted by Gasteiger charge is 2.28. The van der Waals surface area contributed by atoms with E-state index in [-0.39, 0.29) is 10.8 Å². The van der Waals surface area contributed by atoms with Crippen LogP contribution in [0, 0.1) is 0 Å². The minimum atomic E-state index is -3.84. The summed E-state index contributed by atoms with van der Waals surface area (Å²) in [4.78, 5) is 14.3. The van der Waals surface area contributed by atoms with Crippen LogP contribution in [-0.2, 0) is 14.8 Å². The lowest BCUT2D eigenvalue weighted by Crippen LogP contribution is -2.35. The van der Waals surface area contributed by atoms with Gasteiger partial charge in [-0.15, -0.1) is 0 Å². The molecule has 1 unspecified atom stereocenters. The van der Waals surface area contributed by atoms with Gasteiger partial charge in [-0.25, -0.2) is 8.42 Å². The van der Waals surface area contributed by atoms with Crippen LogP contribution in [0.4, 0.5) is 17.1 Å². The van der Waals surface area contributed by atoms with Crippen LogP contribution < -0.4 is 24.4 Å². The fourth-order valence-corrected chi connectivity index (χ4v) is 4.74. The van der Waals surface area contributed by atoms with Crippen molar-refractivity contribution in [2.24, 2.45) is 0 Å². The van der Waals surface area contributed by atoms with Gasteiger partial charge in [0.1, 0.15) is 11.5 Å². The number of methoxy groups -OCH3 is 1. The zero-order valence-corrected chi connectivity index (χ0v) is 17.8. The highest BCUT2D eigenvalue weighted by atomic mass is 32.2. The molecule has 0 aromatic heterocycles. The van der Waals surface area contributed by atoms with Gasteiger partial charge >= 0.3 is 0 Å². The molecule has 4 rings (SSSR count). The van der Waals surface area contributed by atoms with Crippen molar-refractivity contribution in [3.8, 4) is 11.5 Å². The van der Waals surface area contributed by atoms with Gasteiger partial charge in [0.15, 0.2) is 6.10 Å². The monoisotopic (exact) mass is 431 g/mol. The summed E-state index contributed by atoms with van der Waals surface area (Å²) in [5.41, 5.74) is 1.60. The Bertz CT molecular complexity index is 1050. The Morgan fingerprint density at radius 3 is 2.50 bits per heavy atom. The van der Waals surface area contributed by atoms with Crippen molar-refractivity contribution in [1.82, 2.24) is 0 Å². The van der Waals surface area contributed by atoms with Gasteiger partial charge in [-0.3, -0.25) is 9.52 Å². The van der Waals surface area contributed by atoms with Crippen LogP contribution in [0.15, 0.2) is 41.3 Å². The van der Waals surface area contributed by atoms with E-state index in [1.165, 1.54) is 19.2 Å². The van der Waals surface area contributed by atoms with E-state index in [1.807, 2.05) is 6.07 Å². The molecule has 2 heterocycles. The Morgan fingerprint density at radius 1 is 1.13 bits per heavy atom. The fourth-order valence-electron chi connectivity index (χ4n) is 3.68. The highest BCUT2D eigenvalue weighted by Crippen LogP contribution is 2.41. The van der Waals surface area contributed by atoms with E-state index >= 15 is 0 Å². The summed E-state index contributed by atoms with van der Waals surface area (Å²) in [5.74, 6) is 0.845. The maximum atomic E-state index is 13.0. The molecule has 0 aliphatic carbocycles. The predicted molar refractivity (Wildman–Crippen MR) is 115 cm³/mol. The number of anilines is 3. The first-order chi connectivity index (χ1) is 14.4. The third-order valence-corrected chi connectivity index (χ3v) is 6.72. The number of hydrogen-bond acceptors (Lipinski definition) is 6. The van der Waals surface area contributed by atoms with Gasteiger partial charge in [0, 0.05) is 19.2 Å². The zero-order chi connectivity index (χ0) is 21.3. The molecule has 1 atom stereocenters. The first-order valence-corrected chi connectivity index (χ1v) is 11.4. The predicted octanol–water partition coefficient (Wildman–Crippen LogP) is 3.21. The van der Waals surface area contributed by atoms with Crippen LogP contribution in [0.5, 0.6) is 11.5 Å². The van der Waals surface area contributed by atoms with Crippen molar-refractivity contribution >= 4 is 33.0 Å². The molecular weight excluding hydrogens is 406 g/mol. The van der Waals surface area contributed by atoms with Gasteiger partial charge < -0.3 is 19.7 Å². The van der Waals surface area contributed by atoms with E-state index in [0.29, 0.717) is 22.9 Å². The average molecular weight is 432 g/mol. The first-order valence-electron chi connectivity index (χ1n) is 9.95. The van der Waals surface area contributed by atoms with Crippen molar-refractivity contribution in [1.29, 1.82) is 0 Å². The Kier molecular flexibility index (Phi) is 5.46. The fraction of sp³-hybridized carbons (Fsp3) is 0.381. The number of sulfonamides is 1. The summed E-state index contributed by atoms with van der Waals surface area (Å²) in [6.07, 6.45) is 2.62. The van der Waals surface area contributed by atoms with E-state index in [9.17, 15) is 13.2 Å². The highest BCUT2D eigenvalue weighted by molar-refractivity contribution is 7.92. The van der Waals surface area contributed by atoms with E-state index in [2.05, 4.69) is 14.9 Å². The molecule has 1 amide bonds. The Hall–Kier alpha value is -2.94. The third-order valence-electron chi connectivity index (χ3n) is 5.34. The maximum absolute atomic E-state index is 13.0. The number of carbonyl (C=O) groups excluding carboxylic acids is 1. The summed E-state index contributed by atoms with van der Waals surface area (Å²) in [7, 11) is -2.31. The van der Waals surface area contributed by atoms with Gasteiger partial charge in [-0.1, -0.05) is 0 Å². The molecule has 9 heteroatoms. The molecular formula is C21H25N3O5S. The molecule has 1 fully saturated rings. The number of hydrogen-bond donors (Lipinski definition) is 2. The van der Waals surface area contributed by atoms with Gasteiger partial charge in [0.2, 0.25) is 0 Å². The second kappa shape index (κ2) is 8.06. The smallest absolute Gasteiger partial charge is 0.265 e. The van der Waals surface area contributed by atoms with Crippen LogP contribution in [0.3, 0.4) is 0 Å². The Balaban J connectivity index is 1.73. The third kappa shape index (κ3) is 4.02. The standard InChI is InChI=1S/C21H25N3O5S/c1-14-21(25)22-18-12-17(19(13-20(18)29-14)24-10-4-3-5-11-24)23-30(26,27)16-8-6-15(28-2)7-9-16/h6-9,12-14,23H,3-5,10-11H2,1-2H3,(H,22,25). The number of nitrogens with one attached hydrogen (secondary N) is 2. The molecule has 160 valence electrons. The molecule has 2 aliphatic heterocycles. The summed E-state index contributed by atoms with van der Waals surface area (Å²) < 4.78 is 39.6. The number of rotatable bonds is 5. The van der Waals surface area contributed by atoms with E-state index in [1.54, 1.807) is 25.1 Å². The molecule has 0 saturated carbocycles. The lowest BCUT2D eigenvalue weighted by Gasteiger charge is -2.33. The van der Waals surface area contributed by atoms with Crippen molar-refractivity contribution in [3.63, 3.8) is 0 Å². The molecule has 1 saturated heterocycles. The Morgan fingerprint density at radius 2 is 1.83 bits per heavy atom. The number of nitrogens with zero attached hydrogens (tertiary/aromatic N) is 1. The van der Waals surface area contributed by atoms with E-state index in [4.69, 9.17) is 9.47 Å². The number of ether oxygens (including phenoxy) is 2. The Labute approximate surface area is 176 Å². The van der Waals surface area contributed by atoms with Gasteiger partial charge in [0.25, 0.3) is 15.9 Å². The first kappa shape index (κ1) is 20.3. The second-order valence-corrected chi connectivity index (χ2v) is 9.13. The molecule has 2 aliphatic rings. The molecule has 2 N–H and O–H groups in total. The number of amides is 1. The van der Waals surface area contributed by atoms with Crippen molar-refractivity contribution < 1.29 is 22.7 Å². The molecule has 30 heavy (non-hydrogen) atoms. The number of piperidine rings is 1. The normalized spacial score (nSPS) is 18.8. The number of fused-ring (bicyclic) bond motifs is 1. The molecule has 0 spiro atoms. The quantitative estimate of drug-likeness (QED) is 0.755. The van der Waals surface area contributed by atoms with Crippen molar-refractivity contribution in [2.75, 3.05) is 35.1 Å². The summed E-state index contributed by atoms with van der Waals surface area (Å²) in [6, 6.07) is 9.62. The van der Waals surface area contributed by atoms with Crippen molar-refractivity contribution in [2.45, 2.75) is 37.2 Å². The largest absolute Gasteiger partial charge is 0.497 e. The molecule has 2 aromatic carbocycles. The number of carbonyl (C=O) groups is 1. The SMILES string of the molecule is COc1ccc(S(=O)(=O)Nc2cc3c(cc2N2CCCCC2)OC(C)C(=O)N3)cc1. The van der Waals surface area contributed by atoms with E-state index in [0.717, 1.165) is 38.0 Å². The van der Waals surface area contributed by atoms with Crippen LogP contribution in [0.1, 0.15) is 26.2 Å². The van der Waals surface area contributed by atoms with Gasteiger partial charge in [-0.05, 0) is 56.5 Å². The molecule has 0 radical (unpaired) electrons. The minimum absolute atomic E-state index is 0.125. The van der Waals surface area contributed by atoms with Gasteiger partial charge in [0.05, 0.1) is 29.1 Å². The van der Waals surface area contributed by atoms with Crippen molar-refractivity contribution in [3.05, 3.63) is 36.4 Å². The van der Waals surface area contributed by atoms with Crippen LogP contribution in [0.25, 0.3) is 0 Å². The van der Waals surface area contributed by atoms with Crippen LogP contribution in [0.2, 0.25) is 0 Å². The molecule has 2 aromatic rings. The van der Waals surface area contributed by atoms with Gasteiger partial charge in [-0.2, -0.15) is 0 Å². The minimum Gasteiger partial charge on any atom is -0.497 e. The average Bonchev–Trinajstić information content (AvgIpc) is 2.75. The topological polar surface area (TPSA) is 97.0 Å². The zero-order valence-electron chi connectivity index (χ0n) is 17.0. The summed E-state index contributed by atoms with van der Waals surface area (Å²) in [5, 5.41) is 2.79. The lowest BCUT2D eigenvalue weighted by molar-refractivity contribution is -0.122. The van der Waals surface area contributed by atoms with E-state index < -0.39 is 16.1 Å². The second-order valence-electron chi connectivity index (χ2n) is 7.44. The lowest BCUT2D eigenvalue weighted by atomic mass is 10.1.